The molecular formula is C22H20N2O3. The van der Waals surface area contributed by atoms with E-state index in [0.29, 0.717) is 11.3 Å². The Bertz CT molecular complexity index is 1090. The predicted molar refractivity (Wildman–Crippen MR) is 105 cm³/mol. The largest absolute Gasteiger partial charge is 0.313 e. The van der Waals surface area contributed by atoms with Gasteiger partial charge in [0.2, 0.25) is 5.78 Å². The predicted octanol–water partition coefficient (Wildman–Crippen LogP) is 5.34. The molecule has 4 rings (SSSR count). The fourth-order valence-electron chi connectivity index (χ4n) is 3.98. The van der Waals surface area contributed by atoms with Crippen molar-refractivity contribution in [1.82, 2.24) is 4.40 Å². The maximum absolute atomic E-state index is 13.3. The smallest absolute Gasteiger partial charge is 0.270 e. The number of pyridine rings is 1. The van der Waals surface area contributed by atoms with Gasteiger partial charge in [0.1, 0.15) is 0 Å². The fraction of sp³-hybridized carbons (Fsp3) is 0.227. The van der Waals surface area contributed by atoms with Gasteiger partial charge in [-0.05, 0) is 55.9 Å². The quantitative estimate of drug-likeness (QED) is 0.358. The number of nitro groups is 1. The number of rotatable bonds is 4. The number of ketones is 1. The summed E-state index contributed by atoms with van der Waals surface area (Å²) in [6, 6.07) is 11.8. The molecule has 0 N–H and O–H groups in total. The van der Waals surface area contributed by atoms with Crippen LogP contribution in [0.1, 0.15) is 52.9 Å². The van der Waals surface area contributed by atoms with Crippen LogP contribution in [0.3, 0.4) is 0 Å². The second-order valence-corrected chi connectivity index (χ2v) is 6.92. The molecule has 0 amide bonds. The van der Waals surface area contributed by atoms with Crippen molar-refractivity contribution in [3.05, 3.63) is 87.2 Å². The molecule has 0 radical (unpaired) electrons. The fourth-order valence-corrected chi connectivity index (χ4v) is 3.98. The molecule has 0 saturated heterocycles. The van der Waals surface area contributed by atoms with Crippen molar-refractivity contribution < 1.29 is 9.72 Å². The molecule has 0 atom stereocenters. The Hall–Kier alpha value is -3.21. The van der Waals surface area contributed by atoms with Gasteiger partial charge >= 0.3 is 0 Å². The summed E-state index contributed by atoms with van der Waals surface area (Å²) in [7, 11) is 0. The molecule has 5 nitrogen and oxygen atoms in total. The van der Waals surface area contributed by atoms with Gasteiger partial charge in [-0.3, -0.25) is 14.9 Å². The summed E-state index contributed by atoms with van der Waals surface area (Å²) in [6.07, 6.45) is 8.60. The SMILES string of the molecule is Cc1c(C2=CCCCC2)c2ccccn2c1C(=O)c1cccc([N+](=O)[O-])c1. The molecule has 27 heavy (non-hydrogen) atoms. The van der Waals surface area contributed by atoms with E-state index < -0.39 is 4.92 Å². The maximum atomic E-state index is 13.3. The number of non-ortho nitro benzene ring substituents is 1. The van der Waals surface area contributed by atoms with E-state index in [2.05, 4.69) is 6.08 Å². The minimum atomic E-state index is -0.474. The van der Waals surface area contributed by atoms with Crippen molar-refractivity contribution in [2.45, 2.75) is 32.6 Å². The van der Waals surface area contributed by atoms with Gasteiger partial charge < -0.3 is 4.40 Å². The molecule has 1 aliphatic rings. The van der Waals surface area contributed by atoms with Crippen LogP contribution in [0, 0.1) is 17.0 Å². The molecule has 0 bridgehead atoms. The number of allylic oxidation sites excluding steroid dienone is 2. The van der Waals surface area contributed by atoms with Crippen LogP contribution >= 0.6 is 0 Å². The molecule has 136 valence electrons. The molecule has 0 spiro atoms. The van der Waals surface area contributed by atoms with Crippen LogP contribution in [0.15, 0.2) is 54.7 Å². The van der Waals surface area contributed by atoms with Gasteiger partial charge in [-0.15, -0.1) is 0 Å². The number of hydrogen-bond donors (Lipinski definition) is 0. The van der Waals surface area contributed by atoms with Crippen molar-refractivity contribution in [1.29, 1.82) is 0 Å². The molecule has 0 saturated carbocycles. The second-order valence-electron chi connectivity index (χ2n) is 6.92. The van der Waals surface area contributed by atoms with Gasteiger partial charge in [-0.25, -0.2) is 0 Å². The van der Waals surface area contributed by atoms with Crippen LogP contribution in [-0.4, -0.2) is 15.1 Å². The van der Waals surface area contributed by atoms with Gasteiger partial charge in [-0.2, -0.15) is 0 Å². The summed E-state index contributed by atoms with van der Waals surface area (Å²) in [4.78, 5) is 23.9. The van der Waals surface area contributed by atoms with Crippen LogP contribution in [0.4, 0.5) is 5.69 Å². The Morgan fingerprint density at radius 1 is 1.15 bits per heavy atom. The number of hydrogen-bond acceptors (Lipinski definition) is 3. The van der Waals surface area contributed by atoms with E-state index in [1.807, 2.05) is 35.7 Å². The topological polar surface area (TPSA) is 64.6 Å². The van der Waals surface area contributed by atoms with Gasteiger partial charge in [-0.1, -0.05) is 24.3 Å². The minimum Gasteiger partial charge on any atom is -0.313 e. The lowest BCUT2D eigenvalue weighted by atomic mass is 9.91. The zero-order valence-corrected chi connectivity index (χ0v) is 15.1. The van der Waals surface area contributed by atoms with Gasteiger partial charge in [0.25, 0.3) is 5.69 Å². The third kappa shape index (κ3) is 2.95. The molecule has 1 aliphatic carbocycles. The summed E-state index contributed by atoms with van der Waals surface area (Å²) in [5.74, 6) is -0.194. The number of benzene rings is 1. The highest BCUT2D eigenvalue weighted by atomic mass is 16.6. The minimum absolute atomic E-state index is 0.0745. The number of carbonyl (C=O) groups is 1. The van der Waals surface area contributed by atoms with Crippen molar-refractivity contribution in [3.63, 3.8) is 0 Å². The van der Waals surface area contributed by atoms with Crippen molar-refractivity contribution >= 4 is 22.6 Å². The lowest BCUT2D eigenvalue weighted by molar-refractivity contribution is -0.384. The first-order chi connectivity index (χ1) is 13.1. The first-order valence-electron chi connectivity index (χ1n) is 9.16. The first-order valence-corrected chi connectivity index (χ1v) is 9.16. The van der Waals surface area contributed by atoms with E-state index in [4.69, 9.17) is 0 Å². The third-order valence-corrected chi connectivity index (χ3v) is 5.23. The number of fused-ring (bicyclic) bond motifs is 1. The molecule has 0 unspecified atom stereocenters. The molecule has 0 fully saturated rings. The zero-order valence-electron chi connectivity index (χ0n) is 15.1. The lowest BCUT2D eigenvalue weighted by Crippen LogP contribution is -2.07. The number of nitrogens with zero attached hydrogens (tertiary/aromatic N) is 2. The Labute approximate surface area is 157 Å². The summed E-state index contributed by atoms with van der Waals surface area (Å²) in [6.45, 7) is 1.97. The van der Waals surface area contributed by atoms with Crippen LogP contribution in [0.5, 0.6) is 0 Å². The van der Waals surface area contributed by atoms with E-state index in [0.717, 1.165) is 35.9 Å². The molecule has 2 heterocycles. The van der Waals surface area contributed by atoms with Crippen LogP contribution in [0.25, 0.3) is 11.1 Å². The van der Waals surface area contributed by atoms with E-state index in [1.165, 1.54) is 24.1 Å². The summed E-state index contributed by atoms with van der Waals surface area (Å²) in [5.41, 5.74) is 5.20. The molecule has 1 aromatic carbocycles. The first kappa shape index (κ1) is 17.2. The second kappa shape index (κ2) is 6.83. The summed E-state index contributed by atoms with van der Waals surface area (Å²) >= 11 is 0. The van der Waals surface area contributed by atoms with E-state index in [1.54, 1.807) is 12.1 Å². The van der Waals surface area contributed by atoms with Gasteiger partial charge in [0, 0.05) is 29.5 Å². The normalized spacial score (nSPS) is 14.2. The monoisotopic (exact) mass is 360 g/mol. The van der Waals surface area contributed by atoms with Gasteiger partial charge in [0.15, 0.2) is 0 Å². The number of aromatic nitrogens is 1. The Morgan fingerprint density at radius 2 is 2.00 bits per heavy atom. The average molecular weight is 360 g/mol. The highest BCUT2D eigenvalue weighted by Crippen LogP contribution is 2.35. The molecule has 0 aliphatic heterocycles. The van der Waals surface area contributed by atoms with E-state index in [9.17, 15) is 14.9 Å². The molecule has 2 aromatic heterocycles. The Balaban J connectivity index is 1.91. The third-order valence-electron chi connectivity index (χ3n) is 5.23. The number of nitro benzene ring substituents is 1. The standard InChI is InChI=1S/C22H20N2O3/c1-15-20(16-8-3-2-4-9-16)19-12-5-6-13-23(19)21(15)22(25)17-10-7-11-18(14-17)24(26)27/h5-8,10-14H,2-4,9H2,1H3. The highest BCUT2D eigenvalue weighted by molar-refractivity contribution is 6.11. The van der Waals surface area contributed by atoms with Crippen LogP contribution in [-0.2, 0) is 0 Å². The summed E-state index contributed by atoms with van der Waals surface area (Å²) < 4.78 is 1.92. The van der Waals surface area contributed by atoms with E-state index >= 15 is 0 Å². The summed E-state index contributed by atoms with van der Waals surface area (Å²) in [5, 5.41) is 11.1. The zero-order chi connectivity index (χ0) is 19.0. The lowest BCUT2D eigenvalue weighted by Gasteiger charge is -2.13. The van der Waals surface area contributed by atoms with Crippen molar-refractivity contribution in [2.24, 2.45) is 0 Å². The Kier molecular flexibility index (Phi) is 4.36. The van der Waals surface area contributed by atoms with Crippen LogP contribution < -0.4 is 0 Å². The Morgan fingerprint density at radius 3 is 2.74 bits per heavy atom. The average Bonchev–Trinajstić information content (AvgIpc) is 3.00. The van der Waals surface area contributed by atoms with Crippen molar-refractivity contribution in [2.75, 3.05) is 0 Å². The molecule has 5 heteroatoms. The molecule has 3 aromatic rings. The highest BCUT2D eigenvalue weighted by Gasteiger charge is 2.24. The molecular weight excluding hydrogens is 340 g/mol. The number of carbonyl (C=O) groups excluding carboxylic acids is 1. The maximum Gasteiger partial charge on any atom is 0.270 e. The van der Waals surface area contributed by atoms with Crippen molar-refractivity contribution in [3.8, 4) is 0 Å². The van der Waals surface area contributed by atoms with E-state index in [-0.39, 0.29) is 11.5 Å². The van der Waals surface area contributed by atoms with Crippen LogP contribution in [0.2, 0.25) is 0 Å². The van der Waals surface area contributed by atoms with Gasteiger partial charge in [0.05, 0.1) is 16.1 Å².